The van der Waals surface area contributed by atoms with Crippen molar-refractivity contribution >= 4 is 89.0 Å². The molecule has 0 aromatic heterocycles. The first-order chi connectivity index (χ1) is 62.0. The summed E-state index contributed by atoms with van der Waals surface area (Å²) in [6.45, 7) is 36.6. The predicted molar refractivity (Wildman–Crippen MR) is 463 cm³/mol. The Balaban J connectivity index is 0.000000144. The monoisotopic (exact) mass is 1840 g/mol. The molecule has 0 aromatic carbocycles. The fourth-order valence-corrected chi connectivity index (χ4v) is 31.3. The Bertz CT molecular complexity index is 4760. The zero-order valence-corrected chi connectivity index (χ0v) is 80.0. The highest BCUT2D eigenvalue weighted by atomic mass is 16.7. The van der Waals surface area contributed by atoms with Gasteiger partial charge in [0.15, 0.2) is 35.7 Å². The summed E-state index contributed by atoms with van der Waals surface area (Å²) in [5, 5.41) is 0. The Kier molecular flexibility index (Phi) is 25.0. The van der Waals surface area contributed by atoms with Gasteiger partial charge in [0.1, 0.15) is 73.2 Å². The van der Waals surface area contributed by atoms with Crippen LogP contribution in [0.1, 0.15) is 242 Å². The van der Waals surface area contributed by atoms with Gasteiger partial charge in [-0.2, -0.15) is 0 Å². The summed E-state index contributed by atoms with van der Waals surface area (Å²) in [4.78, 5) is 188. The molecule has 30 heteroatoms. The number of esters is 12. The average molecular weight is 1840 g/mol. The number of hydrogen-bond acceptors (Lipinski definition) is 30. The summed E-state index contributed by atoms with van der Waals surface area (Å²) in [6.07, 6.45) is 15.3. The highest BCUT2D eigenvalue weighted by molar-refractivity contribution is 6.00. The average Bonchev–Trinajstić information content (AvgIpc) is 1.49. The molecule has 12 aliphatic carbocycles. The van der Waals surface area contributed by atoms with Gasteiger partial charge >= 0.3 is 71.6 Å². The van der Waals surface area contributed by atoms with Crippen molar-refractivity contribution in [3.8, 4) is 0 Å². The number of fused-ring (bicyclic) bond motifs is 12. The Morgan fingerprint density at radius 1 is 0.364 bits per heavy atom. The highest BCUT2D eigenvalue weighted by Gasteiger charge is 2.86. The van der Waals surface area contributed by atoms with Crippen LogP contribution in [-0.4, -0.2) is 199 Å². The number of rotatable bonds is 18. The number of carbonyl (C=O) groups is 15. The predicted octanol–water partition coefficient (Wildman–Crippen LogP) is 12.1. The Morgan fingerprint density at radius 3 is 0.985 bits per heavy atom. The molecule has 18 rings (SSSR count). The molecule has 720 valence electrons. The van der Waals surface area contributed by atoms with E-state index in [0.29, 0.717) is 61.7 Å². The van der Waals surface area contributed by atoms with Crippen LogP contribution in [-0.2, 0) is 143 Å². The molecule has 6 heterocycles. The van der Waals surface area contributed by atoms with Crippen LogP contribution in [0.15, 0.2) is 69.9 Å². The van der Waals surface area contributed by atoms with E-state index in [1.807, 2.05) is 41.5 Å². The Labute approximate surface area is 770 Å². The van der Waals surface area contributed by atoms with Gasteiger partial charge in [0.05, 0.1) is 51.3 Å². The summed E-state index contributed by atoms with van der Waals surface area (Å²) < 4.78 is 88.1. The van der Waals surface area contributed by atoms with Gasteiger partial charge in [-0.25, -0.2) is 14.4 Å². The lowest BCUT2D eigenvalue weighted by molar-refractivity contribution is -0.195. The maximum Gasteiger partial charge on any atom is 0.337 e. The van der Waals surface area contributed by atoms with Gasteiger partial charge in [0.25, 0.3) is 0 Å². The smallest absolute Gasteiger partial charge is 0.337 e. The van der Waals surface area contributed by atoms with Gasteiger partial charge < -0.3 is 71.1 Å². The van der Waals surface area contributed by atoms with E-state index in [2.05, 4.69) is 41.5 Å². The van der Waals surface area contributed by atoms with Gasteiger partial charge in [-0.3, -0.25) is 57.5 Å². The van der Waals surface area contributed by atoms with Crippen LogP contribution in [0.2, 0.25) is 0 Å². The zero-order valence-electron chi connectivity index (χ0n) is 80.0. The van der Waals surface area contributed by atoms with Crippen molar-refractivity contribution in [3.63, 3.8) is 0 Å². The summed E-state index contributed by atoms with van der Waals surface area (Å²) in [5.74, 6) is -4.61. The normalized spacial score (nSPS) is 44.3. The third-order valence-corrected chi connectivity index (χ3v) is 37.4. The molecule has 9 saturated carbocycles. The minimum atomic E-state index is -0.933. The number of allylic oxidation sites excluding steroid dienone is 3. The van der Waals surface area contributed by atoms with E-state index in [1.165, 1.54) is 74.5 Å². The van der Waals surface area contributed by atoms with Crippen LogP contribution in [0.3, 0.4) is 0 Å². The van der Waals surface area contributed by atoms with E-state index in [4.69, 9.17) is 71.1 Å². The van der Waals surface area contributed by atoms with Gasteiger partial charge in [0.2, 0.25) is 0 Å². The molecule has 0 bridgehead atoms. The molecule has 132 heavy (non-hydrogen) atoms. The first-order valence-corrected chi connectivity index (χ1v) is 47.8. The number of epoxide rings is 3. The summed E-state index contributed by atoms with van der Waals surface area (Å²) in [6, 6.07) is 0. The fraction of sp³-hybridized carbons (Fsp3) is 0.735. The van der Waals surface area contributed by atoms with Crippen molar-refractivity contribution in [2.24, 2.45) is 121 Å². The lowest BCUT2D eigenvalue weighted by Crippen LogP contribution is -2.66. The van der Waals surface area contributed by atoms with Gasteiger partial charge in [-0.15, -0.1) is 0 Å². The van der Waals surface area contributed by atoms with Crippen molar-refractivity contribution in [2.45, 2.75) is 332 Å². The van der Waals surface area contributed by atoms with Crippen LogP contribution in [0.4, 0.5) is 0 Å². The summed E-state index contributed by atoms with van der Waals surface area (Å²) in [5.41, 5.74) is -2.76. The molecule has 30 nitrogen and oxygen atoms in total. The SMILES string of the molecule is CC(=O)OCC1=C(C)CC([C@@H](C)C2CCC3C4C[C@H]5O[C@]56[C@H](OC(C)=O)C=CC(=O)[C@]6(C)C4C[C@@H](OC(C)=O)[C@@]32C)OC1=O.CC(=O)OCC1=C(C)CC([C@@H](C)C2CCC3C4C[C@H]5O[C@]56[C@H](OC(C)=O)C=CC(=O)[C@]6(C)C4C[C@@H](OC(C)=O)[C@@]32C)OC1=O.CC(=O)OCC1=C(C)CC([C@@H](C)C2C[C@@H](OC(C)=O)C3C4C[C@H]5O[C@]56[C@H](OC(C)=O)C=CC(=O)[C@]6(C)C4CC[C@]23C)OC1=O. The number of hydrogen-bond donors (Lipinski definition) is 0. The van der Waals surface area contributed by atoms with Crippen molar-refractivity contribution in [1.29, 1.82) is 0 Å². The number of ether oxygens (including phenoxy) is 15. The lowest BCUT2D eigenvalue weighted by Gasteiger charge is -2.60. The van der Waals surface area contributed by atoms with E-state index in [-0.39, 0.29) is 192 Å². The van der Waals surface area contributed by atoms with E-state index in [1.54, 1.807) is 24.3 Å². The van der Waals surface area contributed by atoms with E-state index >= 15 is 0 Å². The van der Waals surface area contributed by atoms with Crippen LogP contribution in [0, 0.1) is 121 Å². The first kappa shape index (κ1) is 96.1. The number of ketones is 3. The lowest BCUT2D eigenvalue weighted by atomic mass is 9.43. The molecule has 0 radical (unpaired) electrons. The molecule has 0 N–H and O–H groups in total. The molecule has 0 aromatic rings. The summed E-state index contributed by atoms with van der Waals surface area (Å²) >= 11 is 0. The van der Waals surface area contributed by atoms with E-state index < -0.39 is 128 Å². The molecule has 12 fully saturated rings. The van der Waals surface area contributed by atoms with E-state index in [9.17, 15) is 71.9 Å². The maximum absolute atomic E-state index is 13.8. The second-order valence-corrected chi connectivity index (χ2v) is 43.3. The molecular formula is C102H132O30. The van der Waals surface area contributed by atoms with Crippen molar-refractivity contribution < 1.29 is 143 Å². The van der Waals surface area contributed by atoms with Gasteiger partial charge in [-0.1, -0.05) is 58.3 Å². The topological polar surface area (TPSA) is 404 Å². The number of carbonyl (C=O) groups excluding carboxylic acids is 15. The minimum absolute atomic E-state index is 0.00501. The Hall–Kier alpha value is -9.03. The largest absolute Gasteiger partial charge is 0.462 e. The van der Waals surface area contributed by atoms with Gasteiger partial charge in [-0.05, 0) is 243 Å². The molecule has 15 unspecified atom stereocenters. The second-order valence-electron chi connectivity index (χ2n) is 43.3. The fourth-order valence-electron chi connectivity index (χ4n) is 31.3. The standard InChI is InChI=1S/3C34H44O10/c1-16-12-25(43-31(39)22(16)15-40-18(3)35)17(2)24-14-26(41-19(4)36)30-21-13-29-34(44-29)28(42-20(5)37)9-8-27(38)33(34,7)23(21)10-11-32(24,30)6;2*1-16-12-26(43-31(39)22(16)15-40-18(3)35)17(2)23-8-9-24-21-13-30-34(44-30)28(41-19(4)36)11-10-27(38)33(34,7)25(21)14-29(32(23,24)6)42-20(5)37/h8-9,17,21,23-26,28-30H,10-15H2,1-7H3;2*10-11,17,21,23-26,28-30H,8-9,12-15H2,1-7H3/t17-,21?,23?,24?,25?,26+,28+,29+,30?,32+,33-,34+;2*17-,21?,23?,24?,25?,26?,28+,29+,30+,32+,33-,34+/m000/s1. The van der Waals surface area contributed by atoms with Crippen LogP contribution in [0.5, 0.6) is 0 Å². The second kappa shape index (κ2) is 34.3. The molecule has 18 aliphatic rings. The van der Waals surface area contributed by atoms with E-state index in [0.717, 1.165) is 68.1 Å². The quantitative estimate of drug-likeness (QED) is 0.0698. The highest BCUT2D eigenvalue weighted by Crippen LogP contribution is 2.78. The molecule has 3 spiro atoms. The first-order valence-electron chi connectivity index (χ1n) is 47.8. The summed E-state index contributed by atoms with van der Waals surface area (Å²) in [7, 11) is 0. The minimum Gasteiger partial charge on any atom is -0.462 e. The van der Waals surface area contributed by atoms with Gasteiger partial charge in [0, 0.05) is 98.3 Å². The molecule has 0 amide bonds. The van der Waals surface area contributed by atoms with Crippen LogP contribution in [0.25, 0.3) is 0 Å². The maximum atomic E-state index is 13.8. The van der Waals surface area contributed by atoms with Crippen molar-refractivity contribution in [2.75, 3.05) is 19.8 Å². The molecule has 3 saturated heterocycles. The van der Waals surface area contributed by atoms with Crippen molar-refractivity contribution in [3.05, 3.63) is 69.9 Å². The van der Waals surface area contributed by atoms with Crippen LogP contribution >= 0.6 is 0 Å². The van der Waals surface area contributed by atoms with Crippen molar-refractivity contribution in [1.82, 2.24) is 0 Å². The Morgan fingerprint density at radius 2 is 0.674 bits per heavy atom. The third kappa shape index (κ3) is 15.0. The molecular weight excluding hydrogens is 1710 g/mol. The van der Waals surface area contributed by atoms with Crippen LogP contribution < -0.4 is 0 Å². The zero-order chi connectivity index (χ0) is 95.8. The third-order valence-electron chi connectivity index (χ3n) is 37.4. The number of cyclic esters (lactones) is 3. The molecule has 6 aliphatic heterocycles. The molecule has 36 atom stereocenters.